The van der Waals surface area contributed by atoms with Crippen molar-refractivity contribution in [3.05, 3.63) is 0 Å². The molecule has 0 spiro atoms. The fraction of sp³-hybridized carbons (Fsp3) is 0.889. The van der Waals surface area contributed by atoms with Gasteiger partial charge in [0.1, 0.15) is 0 Å². The summed E-state index contributed by atoms with van der Waals surface area (Å²) in [7, 11) is 3.40. The maximum absolute atomic E-state index is 11.5. The number of hydrogen-bond acceptors (Lipinski definition) is 3. The Hall–Kier alpha value is -0.610. The molecule has 1 amide bonds. The number of methoxy groups -OCH3 is 1. The molecule has 4 heteroatoms. The average molecular weight is 188 g/mol. The van der Waals surface area contributed by atoms with Crippen molar-refractivity contribution in [3.63, 3.8) is 0 Å². The number of carbonyl (C=O) groups excluding carboxylic acids is 1. The van der Waals surface area contributed by atoms with Crippen LogP contribution in [-0.4, -0.2) is 43.7 Å². The normalized spacial score (nSPS) is 15.2. The Bertz CT molecular complexity index is 160. The van der Waals surface area contributed by atoms with Gasteiger partial charge in [0, 0.05) is 26.6 Å². The first-order valence-electron chi connectivity index (χ1n) is 4.49. The highest BCUT2D eigenvalue weighted by molar-refractivity contribution is 5.76. The van der Waals surface area contributed by atoms with Crippen molar-refractivity contribution in [2.45, 2.75) is 32.4 Å². The Kier molecular flexibility index (Phi) is 5.66. The van der Waals surface area contributed by atoms with Crippen LogP contribution in [0.3, 0.4) is 0 Å². The van der Waals surface area contributed by atoms with Crippen molar-refractivity contribution >= 4 is 5.91 Å². The van der Waals surface area contributed by atoms with Crippen molar-refractivity contribution in [2.24, 2.45) is 5.73 Å². The van der Waals surface area contributed by atoms with Gasteiger partial charge in [-0.15, -0.1) is 0 Å². The first-order valence-corrected chi connectivity index (χ1v) is 4.49. The van der Waals surface area contributed by atoms with E-state index in [2.05, 4.69) is 0 Å². The van der Waals surface area contributed by atoms with Gasteiger partial charge >= 0.3 is 0 Å². The van der Waals surface area contributed by atoms with Crippen LogP contribution in [0.15, 0.2) is 0 Å². The van der Waals surface area contributed by atoms with E-state index in [1.165, 1.54) is 0 Å². The Balaban J connectivity index is 3.93. The third-order valence-electron chi connectivity index (χ3n) is 1.96. The van der Waals surface area contributed by atoms with Crippen LogP contribution in [0.5, 0.6) is 0 Å². The third-order valence-corrected chi connectivity index (χ3v) is 1.96. The molecular weight excluding hydrogens is 168 g/mol. The molecule has 2 unspecified atom stereocenters. The Morgan fingerprint density at radius 1 is 1.54 bits per heavy atom. The number of likely N-dealkylation sites (N-methyl/N-ethyl adjacent to an activating group) is 1. The summed E-state index contributed by atoms with van der Waals surface area (Å²) < 4.78 is 4.95. The standard InChI is InChI=1S/C9H20N2O2/c1-7(10)5-9(12)11(3)8(2)6-13-4/h7-8H,5-6,10H2,1-4H3. The Morgan fingerprint density at radius 2 is 2.08 bits per heavy atom. The zero-order valence-electron chi connectivity index (χ0n) is 8.91. The molecule has 0 aliphatic carbocycles. The zero-order valence-corrected chi connectivity index (χ0v) is 8.91. The van der Waals surface area contributed by atoms with Gasteiger partial charge < -0.3 is 15.4 Å². The maximum atomic E-state index is 11.5. The lowest BCUT2D eigenvalue weighted by Gasteiger charge is -2.24. The summed E-state index contributed by atoms with van der Waals surface area (Å²) in [5.74, 6) is 0.0690. The fourth-order valence-electron chi connectivity index (χ4n) is 1.02. The number of nitrogens with zero attached hydrogens (tertiary/aromatic N) is 1. The maximum Gasteiger partial charge on any atom is 0.224 e. The van der Waals surface area contributed by atoms with E-state index in [4.69, 9.17) is 10.5 Å². The number of ether oxygens (including phenoxy) is 1. The second kappa shape index (κ2) is 5.94. The second-order valence-electron chi connectivity index (χ2n) is 3.49. The first kappa shape index (κ1) is 12.4. The predicted molar refractivity (Wildman–Crippen MR) is 52.4 cm³/mol. The van der Waals surface area contributed by atoms with Gasteiger partial charge in [-0.2, -0.15) is 0 Å². The lowest BCUT2D eigenvalue weighted by atomic mass is 10.2. The summed E-state index contributed by atoms with van der Waals surface area (Å²) in [5, 5.41) is 0. The SMILES string of the molecule is COCC(C)N(C)C(=O)CC(C)N. The molecule has 0 fully saturated rings. The van der Waals surface area contributed by atoms with E-state index in [1.54, 1.807) is 19.1 Å². The van der Waals surface area contributed by atoms with Crippen LogP contribution in [0.1, 0.15) is 20.3 Å². The largest absolute Gasteiger partial charge is 0.383 e. The predicted octanol–water partition coefficient (Wildman–Crippen LogP) is 0.217. The zero-order chi connectivity index (χ0) is 10.4. The molecule has 0 bridgehead atoms. The molecule has 2 N–H and O–H groups in total. The van der Waals surface area contributed by atoms with E-state index < -0.39 is 0 Å². The lowest BCUT2D eigenvalue weighted by molar-refractivity contribution is -0.132. The van der Waals surface area contributed by atoms with Crippen molar-refractivity contribution in [3.8, 4) is 0 Å². The molecule has 13 heavy (non-hydrogen) atoms. The van der Waals surface area contributed by atoms with E-state index in [9.17, 15) is 4.79 Å². The Morgan fingerprint density at radius 3 is 2.46 bits per heavy atom. The van der Waals surface area contributed by atoms with Gasteiger partial charge in [0.2, 0.25) is 5.91 Å². The molecule has 0 radical (unpaired) electrons. The molecule has 0 aromatic carbocycles. The molecule has 2 atom stereocenters. The number of hydrogen-bond donors (Lipinski definition) is 1. The van der Waals surface area contributed by atoms with Gasteiger partial charge in [0.15, 0.2) is 0 Å². The summed E-state index contributed by atoms with van der Waals surface area (Å²) in [6.45, 7) is 4.33. The van der Waals surface area contributed by atoms with Crippen LogP contribution >= 0.6 is 0 Å². The van der Waals surface area contributed by atoms with Crippen LogP contribution in [0.25, 0.3) is 0 Å². The molecule has 4 nitrogen and oxygen atoms in total. The van der Waals surface area contributed by atoms with Crippen molar-refractivity contribution in [2.75, 3.05) is 20.8 Å². The molecular formula is C9H20N2O2. The average Bonchev–Trinajstić information content (AvgIpc) is 2.02. The third kappa shape index (κ3) is 4.85. The summed E-state index contributed by atoms with van der Waals surface area (Å²) >= 11 is 0. The van der Waals surface area contributed by atoms with Crippen LogP contribution in [0.4, 0.5) is 0 Å². The van der Waals surface area contributed by atoms with Crippen molar-refractivity contribution in [1.82, 2.24) is 4.90 Å². The van der Waals surface area contributed by atoms with E-state index in [0.29, 0.717) is 13.0 Å². The molecule has 0 aromatic heterocycles. The lowest BCUT2D eigenvalue weighted by Crippen LogP contribution is -2.40. The minimum atomic E-state index is -0.0790. The van der Waals surface area contributed by atoms with Gasteiger partial charge in [-0.1, -0.05) is 0 Å². The van der Waals surface area contributed by atoms with Crippen LogP contribution < -0.4 is 5.73 Å². The van der Waals surface area contributed by atoms with Gasteiger partial charge in [0.05, 0.1) is 12.6 Å². The van der Waals surface area contributed by atoms with E-state index in [-0.39, 0.29) is 18.0 Å². The van der Waals surface area contributed by atoms with Gasteiger partial charge in [-0.25, -0.2) is 0 Å². The highest BCUT2D eigenvalue weighted by atomic mass is 16.5. The molecule has 0 saturated heterocycles. The van der Waals surface area contributed by atoms with Gasteiger partial charge in [-0.3, -0.25) is 4.79 Å². The monoisotopic (exact) mass is 188 g/mol. The van der Waals surface area contributed by atoms with Crippen molar-refractivity contribution in [1.29, 1.82) is 0 Å². The quantitative estimate of drug-likeness (QED) is 0.671. The summed E-state index contributed by atoms with van der Waals surface area (Å²) in [6, 6.07) is 0.0287. The van der Waals surface area contributed by atoms with Crippen molar-refractivity contribution < 1.29 is 9.53 Å². The molecule has 0 saturated carbocycles. The molecule has 0 aliphatic heterocycles. The van der Waals surface area contributed by atoms with Crippen LogP contribution in [-0.2, 0) is 9.53 Å². The molecule has 0 aliphatic rings. The van der Waals surface area contributed by atoms with Gasteiger partial charge in [0.25, 0.3) is 0 Å². The number of amides is 1. The smallest absolute Gasteiger partial charge is 0.224 e. The van der Waals surface area contributed by atoms with E-state index in [0.717, 1.165) is 0 Å². The van der Waals surface area contributed by atoms with Crippen LogP contribution in [0.2, 0.25) is 0 Å². The second-order valence-corrected chi connectivity index (χ2v) is 3.49. The summed E-state index contributed by atoms with van der Waals surface area (Å²) in [4.78, 5) is 13.1. The molecule has 78 valence electrons. The number of rotatable bonds is 5. The highest BCUT2D eigenvalue weighted by Gasteiger charge is 2.16. The minimum Gasteiger partial charge on any atom is -0.383 e. The van der Waals surface area contributed by atoms with E-state index in [1.807, 2.05) is 13.8 Å². The number of carbonyl (C=O) groups is 1. The molecule has 0 heterocycles. The topological polar surface area (TPSA) is 55.6 Å². The summed E-state index contributed by atoms with van der Waals surface area (Å²) in [5.41, 5.74) is 5.53. The minimum absolute atomic E-state index is 0.0690. The molecule has 0 aromatic rings. The summed E-state index contributed by atoms with van der Waals surface area (Å²) in [6.07, 6.45) is 0.393. The molecule has 0 rings (SSSR count). The van der Waals surface area contributed by atoms with Crippen LogP contribution in [0, 0.1) is 0 Å². The fourth-order valence-corrected chi connectivity index (χ4v) is 1.02. The number of nitrogens with two attached hydrogens (primary N) is 1. The first-order chi connectivity index (χ1) is 5.99. The Labute approximate surface area is 80.0 Å². The highest BCUT2D eigenvalue weighted by Crippen LogP contribution is 2.00. The van der Waals surface area contributed by atoms with E-state index >= 15 is 0 Å². The van der Waals surface area contributed by atoms with Gasteiger partial charge in [-0.05, 0) is 13.8 Å².